The molecule has 0 atom stereocenters. The molecule has 12 heteroatoms. The smallest absolute Gasteiger partial charge is 0.409 e. The lowest BCUT2D eigenvalue weighted by Gasteiger charge is -2.30. The van der Waals surface area contributed by atoms with Crippen LogP contribution in [-0.4, -0.2) is 85.7 Å². The van der Waals surface area contributed by atoms with Crippen molar-refractivity contribution in [2.45, 2.75) is 18.8 Å². The number of piperidine rings is 1. The molecule has 2 aliphatic heterocycles. The second-order valence-electron chi connectivity index (χ2n) is 8.73. The number of likely N-dealkylation sites (tertiary alicyclic amines) is 1. The molecule has 4 heterocycles. The van der Waals surface area contributed by atoms with Gasteiger partial charge < -0.3 is 34.4 Å². The van der Waals surface area contributed by atoms with Gasteiger partial charge in [-0.1, -0.05) is 5.16 Å². The summed E-state index contributed by atoms with van der Waals surface area (Å²) in [7, 11) is 2.96. The van der Waals surface area contributed by atoms with E-state index in [1.807, 2.05) is 24.3 Å². The van der Waals surface area contributed by atoms with E-state index in [4.69, 9.17) is 24.0 Å². The third-order valence-corrected chi connectivity index (χ3v) is 6.58. The van der Waals surface area contributed by atoms with Gasteiger partial charge in [-0.15, -0.1) is 0 Å². The Hall–Kier alpha value is -3.93. The van der Waals surface area contributed by atoms with Gasteiger partial charge in [-0.25, -0.2) is 19.6 Å². The van der Waals surface area contributed by atoms with Crippen LogP contribution in [0.25, 0.3) is 22.5 Å². The van der Waals surface area contributed by atoms with Gasteiger partial charge in [-0.05, 0) is 37.1 Å². The van der Waals surface area contributed by atoms with Gasteiger partial charge in [0.25, 0.3) is 0 Å². The van der Waals surface area contributed by atoms with Crippen molar-refractivity contribution in [1.82, 2.24) is 25.3 Å². The lowest BCUT2D eigenvalue weighted by molar-refractivity contribution is 0.112. The van der Waals surface area contributed by atoms with Crippen LogP contribution >= 0.6 is 0 Å². The van der Waals surface area contributed by atoms with Gasteiger partial charge in [-0.3, -0.25) is 0 Å². The predicted octanol–water partition coefficient (Wildman–Crippen LogP) is 2.82. The molecule has 0 radical (unpaired) electrons. The maximum absolute atomic E-state index is 11.9. The fourth-order valence-corrected chi connectivity index (χ4v) is 4.58. The van der Waals surface area contributed by atoms with Crippen molar-refractivity contribution in [2.24, 2.45) is 0 Å². The number of anilines is 2. The third-order valence-electron chi connectivity index (χ3n) is 6.58. The number of carbonyl (C=O) groups excluding carboxylic acids is 2. The zero-order chi connectivity index (χ0) is 25.1. The molecule has 0 bridgehead atoms. The molecule has 2 aromatic heterocycles. The second-order valence-corrected chi connectivity index (χ2v) is 8.73. The highest BCUT2D eigenvalue weighted by Crippen LogP contribution is 2.36. The van der Waals surface area contributed by atoms with E-state index in [0.29, 0.717) is 67.8 Å². The van der Waals surface area contributed by atoms with Crippen LogP contribution in [-0.2, 0) is 9.47 Å². The van der Waals surface area contributed by atoms with E-state index in [9.17, 15) is 9.59 Å². The van der Waals surface area contributed by atoms with E-state index >= 15 is 0 Å². The van der Waals surface area contributed by atoms with E-state index in [0.717, 1.165) is 24.1 Å². The highest BCUT2D eigenvalue weighted by Gasteiger charge is 2.30. The highest BCUT2D eigenvalue weighted by atomic mass is 16.5. The molecule has 2 N–H and O–H groups in total. The highest BCUT2D eigenvalue weighted by molar-refractivity contribution is 5.90. The van der Waals surface area contributed by atoms with E-state index in [-0.39, 0.29) is 18.0 Å². The first-order chi connectivity index (χ1) is 17.6. The maximum Gasteiger partial charge on any atom is 0.409 e. The Kier molecular flexibility index (Phi) is 6.85. The van der Waals surface area contributed by atoms with E-state index in [1.165, 1.54) is 7.11 Å². The maximum atomic E-state index is 11.9. The summed E-state index contributed by atoms with van der Waals surface area (Å²) in [5.41, 5.74) is 3.50. The first-order valence-electron chi connectivity index (χ1n) is 12.0. The number of carbonyl (C=O) groups is 2. The molecule has 2 fully saturated rings. The summed E-state index contributed by atoms with van der Waals surface area (Å²) in [4.78, 5) is 37.1. The van der Waals surface area contributed by atoms with Gasteiger partial charge in [-0.2, -0.15) is 0 Å². The molecule has 190 valence electrons. The van der Waals surface area contributed by atoms with Crippen LogP contribution in [0.1, 0.15) is 24.5 Å². The van der Waals surface area contributed by atoms with Crippen LogP contribution in [0.3, 0.4) is 0 Å². The minimum absolute atomic E-state index is 0.103. The lowest BCUT2D eigenvalue weighted by atomic mass is 9.93. The molecule has 5 rings (SSSR count). The number of benzene rings is 1. The average molecular weight is 496 g/mol. The standard InChI is InChI=1S/C24H29N7O5/c1-25-23(32)26-17-5-3-16(4-6-17)21-27-19-18(15-7-9-31(10-8-15)24(33)34-2)29-36-20(19)22(28-21)30-11-13-35-14-12-30/h3-6,15H,7-14H2,1-2H3,(H2,25,26,32). The number of hydrogen-bond donors (Lipinski definition) is 2. The number of nitrogens with one attached hydrogen (secondary N) is 2. The molecule has 2 aliphatic rings. The number of nitrogens with zero attached hydrogens (tertiary/aromatic N) is 5. The summed E-state index contributed by atoms with van der Waals surface area (Å²) < 4.78 is 16.2. The lowest BCUT2D eigenvalue weighted by Crippen LogP contribution is -2.38. The topological polar surface area (TPSA) is 135 Å². The summed E-state index contributed by atoms with van der Waals surface area (Å²) in [5.74, 6) is 1.34. The van der Waals surface area contributed by atoms with Crippen molar-refractivity contribution in [1.29, 1.82) is 0 Å². The first kappa shape index (κ1) is 23.8. The summed E-state index contributed by atoms with van der Waals surface area (Å²) in [5, 5.41) is 9.72. The Morgan fingerprint density at radius 2 is 1.78 bits per heavy atom. The van der Waals surface area contributed by atoms with Gasteiger partial charge in [0.1, 0.15) is 11.2 Å². The van der Waals surface area contributed by atoms with Crippen molar-refractivity contribution in [3.63, 3.8) is 0 Å². The zero-order valence-corrected chi connectivity index (χ0v) is 20.3. The molecular weight excluding hydrogens is 466 g/mol. The van der Waals surface area contributed by atoms with Crippen molar-refractivity contribution in [3.8, 4) is 11.4 Å². The Morgan fingerprint density at radius 3 is 2.44 bits per heavy atom. The Morgan fingerprint density at radius 1 is 1.06 bits per heavy atom. The van der Waals surface area contributed by atoms with Crippen LogP contribution in [0.15, 0.2) is 28.8 Å². The minimum Gasteiger partial charge on any atom is -0.453 e. The fourth-order valence-electron chi connectivity index (χ4n) is 4.58. The number of fused-ring (bicyclic) bond motifs is 1. The van der Waals surface area contributed by atoms with Crippen LogP contribution in [0.4, 0.5) is 21.1 Å². The van der Waals surface area contributed by atoms with Crippen molar-refractivity contribution in [3.05, 3.63) is 30.0 Å². The van der Waals surface area contributed by atoms with Gasteiger partial charge >= 0.3 is 12.1 Å². The summed E-state index contributed by atoms with van der Waals surface area (Å²) in [6.45, 7) is 3.75. The largest absolute Gasteiger partial charge is 0.453 e. The quantitative estimate of drug-likeness (QED) is 0.560. The van der Waals surface area contributed by atoms with E-state index in [1.54, 1.807) is 11.9 Å². The second kappa shape index (κ2) is 10.4. The number of rotatable bonds is 4. The molecule has 0 unspecified atom stereocenters. The number of morpholine rings is 1. The number of methoxy groups -OCH3 is 1. The summed E-state index contributed by atoms with van der Waals surface area (Å²) in [6.07, 6.45) is 1.16. The van der Waals surface area contributed by atoms with Crippen LogP contribution in [0.5, 0.6) is 0 Å². The Labute approximate surface area is 207 Å². The molecule has 0 aliphatic carbocycles. The molecular formula is C24H29N7O5. The third kappa shape index (κ3) is 4.76. The first-order valence-corrected chi connectivity index (χ1v) is 12.0. The van der Waals surface area contributed by atoms with Crippen molar-refractivity contribution < 1.29 is 23.6 Å². The van der Waals surface area contributed by atoms with Gasteiger partial charge in [0.2, 0.25) is 5.58 Å². The molecule has 12 nitrogen and oxygen atoms in total. The van der Waals surface area contributed by atoms with Crippen molar-refractivity contribution >= 4 is 34.7 Å². The summed E-state index contributed by atoms with van der Waals surface area (Å²) >= 11 is 0. The van der Waals surface area contributed by atoms with Gasteiger partial charge in [0.05, 0.1) is 20.3 Å². The number of amides is 3. The zero-order valence-electron chi connectivity index (χ0n) is 20.3. The minimum atomic E-state index is -0.313. The number of ether oxygens (including phenoxy) is 2. The normalized spacial score (nSPS) is 16.7. The average Bonchev–Trinajstić information content (AvgIpc) is 3.37. The SMILES string of the molecule is CNC(=O)Nc1ccc(-c2nc(N3CCOCC3)c3onc(C4CCN(C(=O)OC)CC4)c3n2)cc1. The van der Waals surface area contributed by atoms with Crippen molar-refractivity contribution in [2.75, 3.05) is 63.8 Å². The number of aromatic nitrogens is 3. The van der Waals surface area contributed by atoms with Gasteiger partial charge in [0, 0.05) is 50.4 Å². The monoisotopic (exact) mass is 495 g/mol. The van der Waals surface area contributed by atoms with Crippen LogP contribution < -0.4 is 15.5 Å². The van der Waals surface area contributed by atoms with E-state index < -0.39 is 0 Å². The summed E-state index contributed by atoms with van der Waals surface area (Å²) in [6, 6.07) is 7.07. The van der Waals surface area contributed by atoms with Crippen LogP contribution in [0, 0.1) is 0 Å². The number of hydrogen-bond acceptors (Lipinski definition) is 9. The molecule has 0 spiro atoms. The Bertz CT molecular complexity index is 1230. The molecule has 0 saturated carbocycles. The fraction of sp³-hybridized carbons (Fsp3) is 0.458. The van der Waals surface area contributed by atoms with E-state index in [2.05, 4.69) is 20.7 Å². The predicted molar refractivity (Wildman–Crippen MR) is 132 cm³/mol. The molecule has 3 aromatic rings. The Balaban J connectivity index is 1.50. The van der Waals surface area contributed by atoms with Crippen LogP contribution in [0.2, 0.25) is 0 Å². The number of urea groups is 1. The molecule has 2 saturated heterocycles. The molecule has 1 aromatic carbocycles. The van der Waals surface area contributed by atoms with Gasteiger partial charge in [0.15, 0.2) is 11.6 Å². The molecule has 36 heavy (non-hydrogen) atoms. The molecule has 3 amide bonds.